The van der Waals surface area contributed by atoms with Crippen molar-refractivity contribution in [2.24, 2.45) is 0 Å². The van der Waals surface area contributed by atoms with Crippen LogP contribution in [0.3, 0.4) is 0 Å². The summed E-state index contributed by atoms with van der Waals surface area (Å²) in [7, 11) is 0. The first-order valence-electron chi connectivity index (χ1n) is 6.90. The second kappa shape index (κ2) is 6.41. The number of amides is 2. The van der Waals surface area contributed by atoms with E-state index >= 15 is 0 Å². The lowest BCUT2D eigenvalue weighted by molar-refractivity contribution is 0.0996. The van der Waals surface area contributed by atoms with Crippen LogP contribution in [-0.4, -0.2) is 23.7 Å². The minimum atomic E-state index is -0.208. The van der Waals surface area contributed by atoms with Crippen molar-refractivity contribution >= 4 is 6.03 Å². The van der Waals surface area contributed by atoms with Gasteiger partial charge in [-0.15, -0.1) is 0 Å². The van der Waals surface area contributed by atoms with Gasteiger partial charge in [-0.1, -0.05) is 6.07 Å². The lowest BCUT2D eigenvalue weighted by Gasteiger charge is -2.20. The fourth-order valence-electron chi connectivity index (χ4n) is 2.41. The molecule has 0 aliphatic carbocycles. The maximum absolute atomic E-state index is 11.9. The molecule has 1 fully saturated rings. The van der Waals surface area contributed by atoms with E-state index in [0.29, 0.717) is 13.2 Å². The van der Waals surface area contributed by atoms with Gasteiger partial charge in [-0.25, -0.2) is 4.79 Å². The van der Waals surface area contributed by atoms with Crippen molar-refractivity contribution in [3.8, 4) is 0 Å². The highest BCUT2D eigenvalue weighted by molar-refractivity contribution is 5.74. The lowest BCUT2D eigenvalue weighted by atomic mass is 10.0. The van der Waals surface area contributed by atoms with Gasteiger partial charge >= 0.3 is 6.03 Å². The number of nitrogens with zero attached hydrogens (tertiary/aromatic N) is 1. The van der Waals surface area contributed by atoms with E-state index in [0.717, 1.165) is 17.5 Å². The van der Waals surface area contributed by atoms with Crippen LogP contribution in [0.1, 0.15) is 23.7 Å². The predicted octanol–water partition coefficient (Wildman–Crippen LogP) is 2.00. The highest BCUT2D eigenvalue weighted by Crippen LogP contribution is 2.28. The topological polar surface area (TPSA) is 76.4 Å². The number of aromatic nitrogens is 1. The Balaban J connectivity index is 1.55. The van der Waals surface area contributed by atoms with Crippen molar-refractivity contribution in [3.63, 3.8) is 0 Å². The molecule has 110 valence electrons. The summed E-state index contributed by atoms with van der Waals surface area (Å²) in [4.78, 5) is 16.0. The number of rotatable bonds is 4. The average molecular weight is 287 g/mol. The molecule has 1 aliphatic rings. The molecule has 1 aliphatic heterocycles. The molecule has 0 aromatic carbocycles. The van der Waals surface area contributed by atoms with Crippen LogP contribution in [0.5, 0.6) is 0 Å². The van der Waals surface area contributed by atoms with Gasteiger partial charge in [0.25, 0.3) is 0 Å². The van der Waals surface area contributed by atoms with Crippen LogP contribution in [0.15, 0.2) is 47.5 Å². The smallest absolute Gasteiger partial charge is 0.315 e. The monoisotopic (exact) mass is 287 g/mol. The quantitative estimate of drug-likeness (QED) is 0.901. The molecule has 21 heavy (non-hydrogen) atoms. The summed E-state index contributed by atoms with van der Waals surface area (Å²) in [5.41, 5.74) is 1.91. The summed E-state index contributed by atoms with van der Waals surface area (Å²) in [6.45, 7) is 1.07. The zero-order valence-corrected chi connectivity index (χ0v) is 11.5. The summed E-state index contributed by atoms with van der Waals surface area (Å²) < 4.78 is 10.7. The first-order valence-corrected chi connectivity index (χ1v) is 6.90. The largest absolute Gasteiger partial charge is 0.472 e. The summed E-state index contributed by atoms with van der Waals surface area (Å²) in [5.74, 6) is 0. The highest BCUT2D eigenvalue weighted by atomic mass is 16.5. The van der Waals surface area contributed by atoms with Crippen molar-refractivity contribution in [2.45, 2.75) is 25.1 Å². The van der Waals surface area contributed by atoms with E-state index in [1.807, 2.05) is 18.2 Å². The van der Waals surface area contributed by atoms with E-state index < -0.39 is 0 Å². The van der Waals surface area contributed by atoms with Gasteiger partial charge in [0.05, 0.1) is 18.6 Å². The Morgan fingerprint density at radius 3 is 3.14 bits per heavy atom. The van der Waals surface area contributed by atoms with E-state index in [4.69, 9.17) is 9.15 Å². The maximum Gasteiger partial charge on any atom is 0.315 e. The molecular formula is C15H17N3O3. The van der Waals surface area contributed by atoms with Gasteiger partial charge in [-0.05, 0) is 18.6 Å². The molecule has 2 amide bonds. The molecule has 3 rings (SSSR count). The number of hydrogen-bond acceptors (Lipinski definition) is 4. The molecule has 2 aromatic rings. The van der Waals surface area contributed by atoms with Gasteiger partial charge in [0, 0.05) is 36.7 Å². The Kier molecular flexibility index (Phi) is 4.16. The standard InChI is InChI=1S/C15H17N3O3/c19-15(17-8-11-3-6-20-10-11)18-13-4-7-21-14(13)12-2-1-5-16-9-12/h1-3,5-6,9-10,13-14H,4,7-8H2,(H2,17,18,19)/t13-,14+/m0/s1. The Morgan fingerprint density at radius 1 is 1.43 bits per heavy atom. The number of furan rings is 1. The average Bonchev–Trinajstić information content (AvgIpc) is 3.17. The number of carbonyl (C=O) groups is 1. The third kappa shape index (κ3) is 3.41. The molecule has 6 heteroatoms. The molecule has 0 saturated carbocycles. The van der Waals surface area contributed by atoms with Crippen molar-refractivity contribution in [1.29, 1.82) is 0 Å². The van der Waals surface area contributed by atoms with Crippen LogP contribution in [-0.2, 0) is 11.3 Å². The van der Waals surface area contributed by atoms with Crippen LogP contribution in [0, 0.1) is 0 Å². The summed E-state index contributed by atoms with van der Waals surface area (Å²) in [6.07, 6.45) is 7.33. The number of urea groups is 1. The Morgan fingerprint density at radius 2 is 2.38 bits per heavy atom. The molecule has 0 bridgehead atoms. The van der Waals surface area contributed by atoms with E-state index in [2.05, 4.69) is 15.6 Å². The SMILES string of the molecule is O=C(NCc1ccoc1)N[C@H]1CCO[C@@H]1c1cccnc1. The molecule has 2 atom stereocenters. The summed E-state index contributed by atoms with van der Waals surface area (Å²) in [5, 5.41) is 5.76. The van der Waals surface area contributed by atoms with Gasteiger partial charge < -0.3 is 19.8 Å². The lowest BCUT2D eigenvalue weighted by Crippen LogP contribution is -2.43. The molecule has 1 saturated heterocycles. The second-order valence-electron chi connectivity index (χ2n) is 4.93. The van der Waals surface area contributed by atoms with Crippen LogP contribution in [0.4, 0.5) is 4.79 Å². The van der Waals surface area contributed by atoms with Crippen LogP contribution >= 0.6 is 0 Å². The number of carbonyl (C=O) groups excluding carboxylic acids is 1. The Bertz CT molecular complexity index is 571. The van der Waals surface area contributed by atoms with E-state index in [-0.39, 0.29) is 18.2 Å². The normalized spacial score (nSPS) is 21.1. The number of nitrogens with one attached hydrogen (secondary N) is 2. The molecule has 0 unspecified atom stereocenters. The van der Waals surface area contributed by atoms with Gasteiger partial charge in [0.15, 0.2) is 0 Å². The minimum Gasteiger partial charge on any atom is -0.472 e. The predicted molar refractivity (Wildman–Crippen MR) is 75.4 cm³/mol. The highest BCUT2D eigenvalue weighted by Gasteiger charge is 2.30. The second-order valence-corrected chi connectivity index (χ2v) is 4.93. The minimum absolute atomic E-state index is 0.0430. The summed E-state index contributed by atoms with van der Waals surface area (Å²) in [6, 6.07) is 5.39. The van der Waals surface area contributed by atoms with Crippen LogP contribution in [0.25, 0.3) is 0 Å². The molecule has 6 nitrogen and oxygen atoms in total. The van der Waals surface area contributed by atoms with Gasteiger partial charge in [-0.3, -0.25) is 4.98 Å². The van der Waals surface area contributed by atoms with Crippen molar-refractivity contribution in [3.05, 3.63) is 54.2 Å². The van der Waals surface area contributed by atoms with Gasteiger partial charge in [0.2, 0.25) is 0 Å². The fraction of sp³-hybridized carbons (Fsp3) is 0.333. The fourth-order valence-corrected chi connectivity index (χ4v) is 2.41. The van der Waals surface area contributed by atoms with Crippen LogP contribution in [0.2, 0.25) is 0 Å². The third-order valence-electron chi connectivity index (χ3n) is 3.45. The number of hydrogen-bond donors (Lipinski definition) is 2. The zero-order chi connectivity index (χ0) is 14.5. The molecular weight excluding hydrogens is 270 g/mol. The molecule has 2 N–H and O–H groups in total. The molecule has 0 radical (unpaired) electrons. The number of pyridine rings is 1. The first-order chi connectivity index (χ1) is 10.3. The Labute approximate surface area is 122 Å². The van der Waals surface area contributed by atoms with Gasteiger partial charge in [-0.2, -0.15) is 0 Å². The van der Waals surface area contributed by atoms with Crippen molar-refractivity contribution in [2.75, 3.05) is 6.61 Å². The molecule has 2 aromatic heterocycles. The maximum atomic E-state index is 11.9. The van der Waals surface area contributed by atoms with E-state index in [1.165, 1.54) is 0 Å². The third-order valence-corrected chi connectivity index (χ3v) is 3.45. The zero-order valence-electron chi connectivity index (χ0n) is 11.5. The van der Waals surface area contributed by atoms with E-state index in [9.17, 15) is 4.79 Å². The molecule has 0 spiro atoms. The first kappa shape index (κ1) is 13.6. The Hall–Kier alpha value is -2.34. The van der Waals surface area contributed by atoms with Gasteiger partial charge in [0.1, 0.15) is 6.10 Å². The summed E-state index contributed by atoms with van der Waals surface area (Å²) >= 11 is 0. The van der Waals surface area contributed by atoms with Crippen molar-refractivity contribution < 1.29 is 13.9 Å². The van der Waals surface area contributed by atoms with E-state index in [1.54, 1.807) is 24.9 Å². The van der Waals surface area contributed by atoms with Crippen molar-refractivity contribution in [1.82, 2.24) is 15.6 Å². The number of ether oxygens (including phenoxy) is 1. The van der Waals surface area contributed by atoms with Crippen LogP contribution < -0.4 is 10.6 Å². The molecule has 3 heterocycles.